The molecule has 1 aromatic carbocycles. The molecule has 0 saturated heterocycles. The number of aliphatic hydroxyl groups excluding tert-OH is 1. The van der Waals surface area contributed by atoms with E-state index in [0.29, 0.717) is 11.7 Å². The number of imidazole rings is 1. The normalized spacial score (nSPS) is 14.8. The first-order chi connectivity index (χ1) is 10.3. The summed E-state index contributed by atoms with van der Waals surface area (Å²) in [4.78, 5) is 9.05. The van der Waals surface area contributed by atoms with Crippen molar-refractivity contribution >= 4 is 27.0 Å². The second-order valence-electron chi connectivity index (χ2n) is 5.37. The maximum Gasteiger partial charge on any atom is 0.142 e. The number of pyridine rings is 1. The molecular weight excluding hydrogens is 330 g/mol. The molecule has 1 fully saturated rings. The Morgan fingerprint density at radius 1 is 1.24 bits per heavy atom. The number of aromatic nitrogens is 3. The van der Waals surface area contributed by atoms with Crippen molar-refractivity contribution in [1.29, 1.82) is 0 Å². The molecule has 1 saturated carbocycles. The van der Waals surface area contributed by atoms with Crippen LogP contribution in [0.4, 0.5) is 0 Å². The van der Waals surface area contributed by atoms with Gasteiger partial charge in [-0.05, 0) is 43.2 Å². The Morgan fingerprint density at radius 3 is 2.76 bits per heavy atom. The summed E-state index contributed by atoms with van der Waals surface area (Å²) < 4.78 is 3.38. The number of fused-ring (bicyclic) bond motifs is 1. The Hall–Kier alpha value is -1.72. The predicted octanol–water partition coefficient (Wildman–Crippen LogP) is 3.69. The van der Waals surface area contributed by atoms with E-state index in [1.54, 1.807) is 6.20 Å². The van der Waals surface area contributed by atoms with Crippen LogP contribution in [0.3, 0.4) is 0 Å². The van der Waals surface area contributed by atoms with E-state index in [2.05, 4.69) is 31.5 Å². The Bertz CT molecular complexity index is 806. The molecule has 1 aliphatic carbocycles. The molecule has 0 amide bonds. The summed E-state index contributed by atoms with van der Waals surface area (Å²) in [6.07, 6.45) is 4.20. The second-order valence-corrected chi connectivity index (χ2v) is 6.28. The molecule has 106 valence electrons. The van der Waals surface area contributed by atoms with Gasteiger partial charge in [0.2, 0.25) is 0 Å². The van der Waals surface area contributed by atoms with Gasteiger partial charge in [-0.3, -0.25) is 4.98 Å². The van der Waals surface area contributed by atoms with Crippen molar-refractivity contribution < 1.29 is 5.11 Å². The molecule has 3 aromatic rings. The molecule has 1 aliphatic rings. The highest BCUT2D eigenvalue weighted by Crippen LogP contribution is 2.41. The fourth-order valence-corrected chi connectivity index (χ4v) is 2.97. The molecule has 0 aliphatic heterocycles. The third-order valence-corrected chi connectivity index (χ3v) is 4.30. The van der Waals surface area contributed by atoms with Crippen molar-refractivity contribution in [2.75, 3.05) is 0 Å². The van der Waals surface area contributed by atoms with Crippen molar-refractivity contribution in [2.45, 2.75) is 25.5 Å². The van der Waals surface area contributed by atoms with Crippen LogP contribution < -0.4 is 0 Å². The number of halogens is 1. The van der Waals surface area contributed by atoms with Crippen molar-refractivity contribution in [3.05, 3.63) is 46.7 Å². The minimum absolute atomic E-state index is 0.0354. The number of rotatable bonds is 3. The summed E-state index contributed by atoms with van der Waals surface area (Å²) in [7, 11) is 0. The van der Waals surface area contributed by atoms with E-state index in [0.717, 1.165) is 26.9 Å². The number of benzene rings is 1. The van der Waals surface area contributed by atoms with Crippen LogP contribution in [-0.4, -0.2) is 19.6 Å². The number of hydrogen-bond acceptors (Lipinski definition) is 3. The summed E-state index contributed by atoms with van der Waals surface area (Å²) in [5, 5.41) is 9.11. The van der Waals surface area contributed by atoms with Crippen LogP contribution in [0.5, 0.6) is 0 Å². The van der Waals surface area contributed by atoms with Gasteiger partial charge in [0.05, 0.1) is 23.3 Å². The SMILES string of the molecule is OCc1ccc(-c2nc3ccc(Br)cc3n2C2CC2)cn1. The van der Waals surface area contributed by atoms with E-state index in [-0.39, 0.29) is 6.61 Å². The van der Waals surface area contributed by atoms with Crippen LogP contribution in [-0.2, 0) is 6.61 Å². The summed E-state index contributed by atoms with van der Waals surface area (Å²) in [5.74, 6) is 0.961. The van der Waals surface area contributed by atoms with Gasteiger partial charge in [-0.25, -0.2) is 4.98 Å². The van der Waals surface area contributed by atoms with E-state index >= 15 is 0 Å². The molecule has 4 rings (SSSR count). The molecule has 0 unspecified atom stereocenters. The molecule has 21 heavy (non-hydrogen) atoms. The molecule has 2 aromatic heterocycles. The lowest BCUT2D eigenvalue weighted by Crippen LogP contribution is -1.98. The Labute approximate surface area is 130 Å². The zero-order valence-corrected chi connectivity index (χ0v) is 12.9. The van der Waals surface area contributed by atoms with Gasteiger partial charge in [0, 0.05) is 22.3 Å². The van der Waals surface area contributed by atoms with E-state index in [4.69, 9.17) is 10.1 Å². The standard InChI is InChI=1S/C16H14BrN3O/c17-11-2-6-14-15(7-11)20(13-4-5-13)16(19-14)10-1-3-12(9-21)18-8-10/h1-3,6-8,13,21H,4-5,9H2. The second kappa shape index (κ2) is 4.93. The average molecular weight is 344 g/mol. The Balaban J connectivity index is 1.92. The molecule has 5 heteroatoms. The van der Waals surface area contributed by atoms with Crippen molar-refractivity contribution in [2.24, 2.45) is 0 Å². The molecule has 0 radical (unpaired) electrons. The smallest absolute Gasteiger partial charge is 0.142 e. The van der Waals surface area contributed by atoms with Crippen molar-refractivity contribution in [1.82, 2.24) is 14.5 Å². The topological polar surface area (TPSA) is 50.9 Å². The van der Waals surface area contributed by atoms with Crippen LogP contribution in [0.1, 0.15) is 24.6 Å². The zero-order valence-electron chi connectivity index (χ0n) is 11.3. The number of aliphatic hydroxyl groups is 1. The van der Waals surface area contributed by atoms with E-state index in [1.807, 2.05) is 24.3 Å². The highest BCUT2D eigenvalue weighted by molar-refractivity contribution is 9.10. The van der Waals surface area contributed by atoms with E-state index in [9.17, 15) is 0 Å². The van der Waals surface area contributed by atoms with Gasteiger partial charge in [0.25, 0.3) is 0 Å². The zero-order chi connectivity index (χ0) is 14.4. The van der Waals surface area contributed by atoms with Gasteiger partial charge in [-0.2, -0.15) is 0 Å². The van der Waals surface area contributed by atoms with Gasteiger partial charge in [0.1, 0.15) is 5.82 Å². The third kappa shape index (κ3) is 2.26. The van der Waals surface area contributed by atoms with Crippen LogP contribution in [0, 0.1) is 0 Å². The van der Waals surface area contributed by atoms with Crippen molar-refractivity contribution in [3.63, 3.8) is 0 Å². The molecule has 0 spiro atoms. The van der Waals surface area contributed by atoms with Crippen LogP contribution >= 0.6 is 15.9 Å². The number of nitrogens with zero attached hydrogens (tertiary/aromatic N) is 3. The lowest BCUT2D eigenvalue weighted by Gasteiger charge is -2.08. The minimum Gasteiger partial charge on any atom is -0.390 e. The Kier molecular flexibility index (Phi) is 3.05. The van der Waals surface area contributed by atoms with E-state index in [1.165, 1.54) is 12.8 Å². The lowest BCUT2D eigenvalue weighted by molar-refractivity contribution is 0.277. The van der Waals surface area contributed by atoms with Gasteiger partial charge >= 0.3 is 0 Å². The van der Waals surface area contributed by atoms with Gasteiger partial charge in [-0.1, -0.05) is 15.9 Å². The quantitative estimate of drug-likeness (QED) is 0.788. The minimum atomic E-state index is -0.0354. The summed E-state index contributed by atoms with van der Waals surface area (Å²) >= 11 is 3.54. The van der Waals surface area contributed by atoms with Crippen LogP contribution in [0.25, 0.3) is 22.4 Å². The van der Waals surface area contributed by atoms with Crippen LogP contribution in [0.2, 0.25) is 0 Å². The summed E-state index contributed by atoms with van der Waals surface area (Å²) in [6.45, 7) is -0.0354. The highest BCUT2D eigenvalue weighted by Gasteiger charge is 2.28. The largest absolute Gasteiger partial charge is 0.390 e. The van der Waals surface area contributed by atoms with E-state index < -0.39 is 0 Å². The maximum absolute atomic E-state index is 9.11. The fraction of sp³-hybridized carbons (Fsp3) is 0.250. The molecular formula is C16H14BrN3O. The summed E-state index contributed by atoms with van der Waals surface area (Å²) in [5.41, 5.74) is 3.83. The monoisotopic (exact) mass is 343 g/mol. The maximum atomic E-state index is 9.11. The predicted molar refractivity (Wildman–Crippen MR) is 84.9 cm³/mol. The molecule has 1 N–H and O–H groups in total. The van der Waals surface area contributed by atoms with Gasteiger partial charge in [-0.15, -0.1) is 0 Å². The molecule has 0 atom stereocenters. The van der Waals surface area contributed by atoms with Gasteiger partial charge in [0.15, 0.2) is 0 Å². The number of hydrogen-bond donors (Lipinski definition) is 1. The first kappa shape index (κ1) is 13.0. The summed E-state index contributed by atoms with van der Waals surface area (Å²) in [6, 6.07) is 10.5. The highest BCUT2D eigenvalue weighted by atomic mass is 79.9. The third-order valence-electron chi connectivity index (χ3n) is 3.81. The lowest BCUT2D eigenvalue weighted by atomic mass is 10.2. The van der Waals surface area contributed by atoms with Crippen molar-refractivity contribution in [3.8, 4) is 11.4 Å². The molecule has 4 nitrogen and oxygen atoms in total. The molecule has 2 heterocycles. The van der Waals surface area contributed by atoms with Crippen LogP contribution in [0.15, 0.2) is 41.0 Å². The average Bonchev–Trinajstić information content (AvgIpc) is 3.28. The Morgan fingerprint density at radius 2 is 2.10 bits per heavy atom. The first-order valence-corrected chi connectivity index (χ1v) is 7.79. The molecule has 0 bridgehead atoms. The fourth-order valence-electron chi connectivity index (χ4n) is 2.62. The van der Waals surface area contributed by atoms with Gasteiger partial charge < -0.3 is 9.67 Å². The first-order valence-electron chi connectivity index (χ1n) is 7.00.